The van der Waals surface area contributed by atoms with Crippen LogP contribution in [0.15, 0.2) is 72.0 Å². The van der Waals surface area contributed by atoms with Crippen LogP contribution in [0.25, 0.3) is 17.1 Å². The van der Waals surface area contributed by atoms with Crippen molar-refractivity contribution in [2.75, 3.05) is 29.3 Å². The van der Waals surface area contributed by atoms with Gasteiger partial charge in [0, 0.05) is 12.0 Å². The standard InChI is InChI=1S/C29H24ClF3N6O4S/c1-17-3-10-24(42-12-2-11-31)23(13-17)39-25(40)15-44-29(39)36-28(41)35-22-9-4-18(14-21(22)30)26-34-16-38(37-26)19-5-7-20(8-6-19)43-27(32)33/h3-10,13-14,16,27H,2,11-12,15H2,1H3,(H,35,41)/b36-29-. The highest BCUT2D eigenvalue weighted by Crippen LogP contribution is 2.36. The van der Waals surface area contributed by atoms with Crippen molar-refractivity contribution in [3.63, 3.8) is 0 Å². The molecule has 0 unspecified atom stereocenters. The van der Waals surface area contributed by atoms with E-state index in [1.54, 1.807) is 42.5 Å². The first-order valence-electron chi connectivity index (χ1n) is 13.1. The number of hydrogen-bond donors (Lipinski definition) is 1. The number of amidine groups is 1. The van der Waals surface area contributed by atoms with Gasteiger partial charge in [-0.2, -0.15) is 13.8 Å². The highest BCUT2D eigenvalue weighted by molar-refractivity contribution is 8.15. The Labute approximate surface area is 258 Å². The van der Waals surface area contributed by atoms with Gasteiger partial charge in [-0.15, -0.1) is 5.10 Å². The molecule has 3 aromatic carbocycles. The Balaban J connectivity index is 1.30. The van der Waals surface area contributed by atoms with Crippen molar-refractivity contribution in [2.45, 2.75) is 20.0 Å². The Morgan fingerprint density at radius 3 is 2.68 bits per heavy atom. The zero-order valence-corrected chi connectivity index (χ0v) is 24.6. The van der Waals surface area contributed by atoms with E-state index in [0.29, 0.717) is 28.5 Å². The summed E-state index contributed by atoms with van der Waals surface area (Å²) in [5, 5.41) is 7.38. The topological polar surface area (TPSA) is 111 Å². The van der Waals surface area contributed by atoms with Crippen molar-refractivity contribution in [2.24, 2.45) is 4.99 Å². The number of anilines is 2. The minimum Gasteiger partial charge on any atom is -0.491 e. The first kappa shape index (κ1) is 30.9. The molecule has 0 bridgehead atoms. The number of halogens is 4. The van der Waals surface area contributed by atoms with Crippen molar-refractivity contribution < 1.29 is 32.2 Å². The summed E-state index contributed by atoms with van der Waals surface area (Å²) in [5.41, 5.74) is 2.66. The molecule has 0 spiro atoms. The average molecular weight is 645 g/mol. The Morgan fingerprint density at radius 1 is 1.16 bits per heavy atom. The zero-order chi connectivity index (χ0) is 31.2. The van der Waals surface area contributed by atoms with Crippen LogP contribution in [0.5, 0.6) is 11.5 Å². The predicted octanol–water partition coefficient (Wildman–Crippen LogP) is 6.90. The molecule has 0 aliphatic carbocycles. The van der Waals surface area contributed by atoms with E-state index in [1.165, 1.54) is 28.0 Å². The van der Waals surface area contributed by atoms with Crippen LogP contribution in [-0.4, -0.2) is 57.5 Å². The van der Waals surface area contributed by atoms with Crippen LogP contribution in [0.2, 0.25) is 5.02 Å². The quantitative estimate of drug-likeness (QED) is 0.187. The molecule has 0 saturated carbocycles. The molecule has 5 rings (SSSR count). The molecule has 2 heterocycles. The van der Waals surface area contributed by atoms with Gasteiger partial charge in [-0.3, -0.25) is 14.1 Å². The third kappa shape index (κ3) is 7.32. The summed E-state index contributed by atoms with van der Waals surface area (Å²) in [6.07, 6.45) is 1.65. The Morgan fingerprint density at radius 2 is 1.95 bits per heavy atom. The summed E-state index contributed by atoms with van der Waals surface area (Å²) < 4.78 is 48.9. The number of hydrogen-bond acceptors (Lipinski definition) is 7. The van der Waals surface area contributed by atoms with Gasteiger partial charge in [0.25, 0.3) is 0 Å². The molecule has 15 heteroatoms. The number of urea groups is 1. The van der Waals surface area contributed by atoms with E-state index in [0.717, 1.165) is 17.3 Å². The van der Waals surface area contributed by atoms with Crippen molar-refractivity contribution in [3.8, 4) is 28.6 Å². The lowest BCUT2D eigenvalue weighted by molar-refractivity contribution is -0.115. The molecule has 0 atom stereocenters. The summed E-state index contributed by atoms with van der Waals surface area (Å²) in [7, 11) is 0. The van der Waals surface area contributed by atoms with Crippen molar-refractivity contribution in [1.82, 2.24) is 14.8 Å². The number of carbonyl (C=O) groups excluding carboxylic acids is 2. The normalized spacial score (nSPS) is 14.0. The number of amides is 3. The number of ether oxygens (including phenoxy) is 2. The molecule has 1 aliphatic heterocycles. The monoisotopic (exact) mass is 644 g/mol. The minimum absolute atomic E-state index is 0.0172. The van der Waals surface area contributed by atoms with Gasteiger partial charge >= 0.3 is 12.6 Å². The molecule has 1 fully saturated rings. The second kappa shape index (κ2) is 13.8. The van der Waals surface area contributed by atoms with Crippen molar-refractivity contribution in [3.05, 3.63) is 77.6 Å². The van der Waals surface area contributed by atoms with E-state index in [-0.39, 0.29) is 46.3 Å². The number of thioether (sulfide) groups is 1. The fourth-order valence-corrected chi connectivity index (χ4v) is 5.21. The summed E-state index contributed by atoms with van der Waals surface area (Å²) in [5.74, 6) is 0.516. The number of rotatable bonds is 10. The summed E-state index contributed by atoms with van der Waals surface area (Å²) in [6, 6.07) is 15.2. The van der Waals surface area contributed by atoms with E-state index >= 15 is 0 Å². The molecule has 3 amide bonds. The molecular weight excluding hydrogens is 621 g/mol. The number of aliphatic imine (C=N–C) groups is 1. The molecule has 1 aromatic heterocycles. The molecule has 0 radical (unpaired) electrons. The van der Waals surface area contributed by atoms with Crippen LogP contribution in [0.3, 0.4) is 0 Å². The van der Waals surface area contributed by atoms with Gasteiger partial charge in [-0.1, -0.05) is 29.4 Å². The van der Waals surface area contributed by atoms with Gasteiger partial charge in [0.05, 0.1) is 41.1 Å². The molecule has 44 heavy (non-hydrogen) atoms. The second-order valence-corrected chi connectivity index (χ2v) is 10.6. The molecule has 10 nitrogen and oxygen atoms in total. The number of aromatic nitrogens is 3. The van der Waals surface area contributed by atoms with Gasteiger partial charge in [-0.05, 0) is 67.1 Å². The van der Waals surface area contributed by atoms with E-state index in [9.17, 15) is 22.8 Å². The lowest BCUT2D eigenvalue weighted by Crippen LogP contribution is -2.31. The van der Waals surface area contributed by atoms with Crippen LogP contribution in [0, 0.1) is 6.92 Å². The lowest BCUT2D eigenvalue weighted by atomic mass is 10.2. The number of alkyl halides is 3. The maximum absolute atomic E-state index is 12.9. The van der Waals surface area contributed by atoms with Crippen molar-refractivity contribution >= 4 is 51.8 Å². The first-order valence-corrected chi connectivity index (χ1v) is 14.5. The molecule has 1 saturated heterocycles. The fourth-order valence-electron chi connectivity index (χ4n) is 4.13. The average Bonchev–Trinajstić information content (AvgIpc) is 3.62. The number of benzene rings is 3. The zero-order valence-electron chi connectivity index (χ0n) is 23.0. The third-order valence-corrected chi connectivity index (χ3v) is 7.38. The summed E-state index contributed by atoms with van der Waals surface area (Å²) in [4.78, 5) is 35.4. The lowest BCUT2D eigenvalue weighted by Gasteiger charge is -2.20. The van der Waals surface area contributed by atoms with Gasteiger partial charge < -0.3 is 14.8 Å². The van der Waals surface area contributed by atoms with Crippen LogP contribution in [-0.2, 0) is 4.79 Å². The first-order chi connectivity index (χ1) is 21.2. The predicted molar refractivity (Wildman–Crippen MR) is 162 cm³/mol. The van der Waals surface area contributed by atoms with Gasteiger partial charge in [0.15, 0.2) is 11.0 Å². The molecule has 4 aromatic rings. The maximum atomic E-state index is 12.9. The smallest absolute Gasteiger partial charge is 0.387 e. The SMILES string of the molecule is Cc1ccc(OCCCF)c(N2C(=O)CS/C2=N\C(=O)Nc2ccc(-c3ncn(-c4ccc(OC(F)F)cc4)n3)cc2Cl)c1. The molecule has 1 aliphatic rings. The van der Waals surface area contributed by atoms with Gasteiger partial charge in [-0.25, -0.2) is 14.5 Å². The fraction of sp³-hybridized carbons (Fsp3) is 0.207. The van der Waals surface area contributed by atoms with Crippen molar-refractivity contribution in [1.29, 1.82) is 0 Å². The van der Waals surface area contributed by atoms with E-state index in [4.69, 9.17) is 16.3 Å². The van der Waals surface area contributed by atoms with Crippen LogP contribution in [0.1, 0.15) is 12.0 Å². The van der Waals surface area contributed by atoms with E-state index in [2.05, 4.69) is 25.1 Å². The Kier molecular flexibility index (Phi) is 9.70. The number of nitrogens with zero attached hydrogens (tertiary/aromatic N) is 5. The molecular formula is C29H24ClF3N6O4S. The minimum atomic E-state index is -2.92. The number of carbonyl (C=O) groups is 2. The Hall–Kier alpha value is -4.56. The summed E-state index contributed by atoms with van der Waals surface area (Å²) >= 11 is 7.56. The second-order valence-electron chi connectivity index (χ2n) is 9.28. The highest BCUT2D eigenvalue weighted by atomic mass is 35.5. The van der Waals surface area contributed by atoms with Crippen LogP contribution >= 0.6 is 23.4 Å². The third-order valence-electron chi connectivity index (χ3n) is 6.14. The van der Waals surface area contributed by atoms with Crippen LogP contribution < -0.4 is 19.7 Å². The maximum Gasteiger partial charge on any atom is 0.387 e. The highest BCUT2D eigenvalue weighted by Gasteiger charge is 2.32. The van der Waals surface area contributed by atoms with Gasteiger partial charge in [0.1, 0.15) is 17.8 Å². The van der Waals surface area contributed by atoms with Crippen LogP contribution in [0.4, 0.5) is 29.3 Å². The Bertz CT molecular complexity index is 1700. The molecule has 228 valence electrons. The van der Waals surface area contributed by atoms with E-state index < -0.39 is 19.3 Å². The van der Waals surface area contributed by atoms with Gasteiger partial charge in [0.2, 0.25) is 5.91 Å². The van der Waals surface area contributed by atoms with E-state index in [1.807, 2.05) is 13.0 Å². The molecule has 1 N–H and O–H groups in total. The largest absolute Gasteiger partial charge is 0.491 e. The number of aryl methyl sites for hydroxylation is 1. The number of nitrogens with one attached hydrogen (secondary N) is 1. The summed E-state index contributed by atoms with van der Waals surface area (Å²) in [6.45, 7) is -1.47.